The van der Waals surface area contributed by atoms with Gasteiger partial charge in [-0.05, 0) is 86.2 Å². The van der Waals surface area contributed by atoms with Crippen LogP contribution in [0.5, 0.6) is 0 Å². The molecule has 0 atom stereocenters. The van der Waals surface area contributed by atoms with E-state index in [4.69, 9.17) is 12.2 Å². The van der Waals surface area contributed by atoms with Gasteiger partial charge in [-0.1, -0.05) is 12.1 Å². The van der Waals surface area contributed by atoms with Gasteiger partial charge in [-0.15, -0.1) is 0 Å². The molecule has 0 amide bonds. The van der Waals surface area contributed by atoms with Gasteiger partial charge in [0, 0.05) is 5.54 Å². The molecule has 5 rings (SSSR count). The van der Waals surface area contributed by atoms with Crippen molar-refractivity contribution >= 4 is 23.5 Å². The third kappa shape index (κ3) is 3.25. The Bertz CT molecular complexity index is 590. The molecule has 4 aliphatic rings. The molecule has 1 aromatic rings. The Hall–Kier alpha value is -1.49. The molecule has 0 heterocycles. The van der Waals surface area contributed by atoms with Crippen LogP contribution >= 0.6 is 12.2 Å². The summed E-state index contributed by atoms with van der Waals surface area (Å²) < 4.78 is 12.9. The maximum absolute atomic E-state index is 12.9. The van der Waals surface area contributed by atoms with Gasteiger partial charge in [-0.3, -0.25) is 5.43 Å². The van der Waals surface area contributed by atoms with Crippen molar-refractivity contribution in [3.8, 4) is 0 Å². The number of nitrogens with one attached hydrogen (secondary N) is 2. The Balaban J connectivity index is 1.34. The van der Waals surface area contributed by atoms with Gasteiger partial charge in [-0.2, -0.15) is 5.10 Å². The molecule has 3 nitrogen and oxygen atoms in total. The van der Waals surface area contributed by atoms with E-state index in [-0.39, 0.29) is 11.4 Å². The largest absolute Gasteiger partial charge is 0.356 e. The average molecular weight is 331 g/mol. The van der Waals surface area contributed by atoms with Gasteiger partial charge in [0.05, 0.1) is 6.21 Å². The van der Waals surface area contributed by atoms with Crippen molar-refractivity contribution in [1.29, 1.82) is 0 Å². The molecule has 4 bridgehead atoms. The van der Waals surface area contributed by atoms with Crippen LogP contribution in [-0.4, -0.2) is 16.9 Å². The molecule has 0 saturated heterocycles. The minimum absolute atomic E-state index is 0.199. The SMILES string of the molecule is Fc1ccc(/C=N/NC(=S)NC23CC4CC(CC(C4)C2)C3)cc1. The summed E-state index contributed by atoms with van der Waals surface area (Å²) >= 11 is 5.43. The van der Waals surface area contributed by atoms with Crippen LogP contribution in [-0.2, 0) is 0 Å². The van der Waals surface area contributed by atoms with Crippen molar-refractivity contribution in [1.82, 2.24) is 10.7 Å². The predicted octanol–water partition coefficient (Wildman–Crippen LogP) is 3.59. The maximum Gasteiger partial charge on any atom is 0.187 e. The monoisotopic (exact) mass is 331 g/mol. The van der Waals surface area contributed by atoms with Crippen molar-refractivity contribution < 1.29 is 4.39 Å². The zero-order chi connectivity index (χ0) is 15.9. The van der Waals surface area contributed by atoms with E-state index in [1.807, 2.05) is 0 Å². The van der Waals surface area contributed by atoms with Crippen molar-refractivity contribution in [3.63, 3.8) is 0 Å². The van der Waals surface area contributed by atoms with Crippen LogP contribution < -0.4 is 10.7 Å². The lowest BCUT2D eigenvalue weighted by molar-refractivity contribution is -0.0101. The molecule has 4 fully saturated rings. The molecule has 1 aromatic carbocycles. The van der Waals surface area contributed by atoms with Gasteiger partial charge in [0.1, 0.15) is 5.82 Å². The fourth-order valence-corrected chi connectivity index (χ4v) is 5.52. The van der Waals surface area contributed by atoms with Crippen LogP contribution in [0, 0.1) is 23.6 Å². The highest BCUT2D eigenvalue weighted by molar-refractivity contribution is 7.80. The summed E-state index contributed by atoms with van der Waals surface area (Å²) in [4.78, 5) is 0. The molecule has 23 heavy (non-hydrogen) atoms. The van der Waals surface area contributed by atoms with Crippen LogP contribution in [0.4, 0.5) is 4.39 Å². The fourth-order valence-electron chi connectivity index (χ4n) is 5.25. The van der Waals surface area contributed by atoms with E-state index in [9.17, 15) is 4.39 Å². The minimum atomic E-state index is -0.242. The van der Waals surface area contributed by atoms with Crippen molar-refractivity contribution in [2.45, 2.75) is 44.1 Å². The first-order chi connectivity index (χ1) is 11.1. The lowest BCUT2D eigenvalue weighted by Crippen LogP contribution is -2.61. The van der Waals surface area contributed by atoms with Gasteiger partial charge in [0.25, 0.3) is 0 Å². The van der Waals surface area contributed by atoms with Crippen LogP contribution in [0.25, 0.3) is 0 Å². The molecule has 2 N–H and O–H groups in total. The smallest absolute Gasteiger partial charge is 0.187 e. The molecule has 0 radical (unpaired) electrons. The number of hydrogen-bond donors (Lipinski definition) is 2. The lowest BCUT2D eigenvalue weighted by Gasteiger charge is -2.57. The molecular weight excluding hydrogens is 309 g/mol. The Morgan fingerprint density at radius 2 is 1.65 bits per heavy atom. The molecule has 122 valence electrons. The molecule has 0 unspecified atom stereocenters. The third-order valence-corrected chi connectivity index (χ3v) is 5.86. The Labute approximate surface area is 141 Å². The molecule has 0 spiro atoms. The quantitative estimate of drug-likeness (QED) is 0.505. The number of hydrogen-bond acceptors (Lipinski definition) is 2. The molecular formula is C18H22FN3S. The molecule has 0 aliphatic heterocycles. The van der Waals surface area contributed by atoms with Gasteiger partial charge in [0.2, 0.25) is 0 Å². The minimum Gasteiger partial charge on any atom is -0.356 e. The number of hydrazone groups is 1. The normalized spacial score (nSPS) is 34.7. The van der Waals surface area contributed by atoms with Gasteiger partial charge < -0.3 is 5.32 Å². The molecule has 4 aliphatic carbocycles. The maximum atomic E-state index is 12.9. The van der Waals surface area contributed by atoms with Gasteiger partial charge >= 0.3 is 0 Å². The van der Waals surface area contributed by atoms with Gasteiger partial charge in [-0.25, -0.2) is 4.39 Å². The summed E-state index contributed by atoms with van der Waals surface area (Å²) in [7, 11) is 0. The third-order valence-electron chi connectivity index (χ3n) is 5.67. The number of rotatable bonds is 3. The Morgan fingerprint density at radius 3 is 2.22 bits per heavy atom. The van der Waals surface area contributed by atoms with E-state index in [0.29, 0.717) is 5.11 Å². The van der Waals surface area contributed by atoms with Crippen molar-refractivity contribution in [2.75, 3.05) is 0 Å². The van der Waals surface area contributed by atoms with E-state index >= 15 is 0 Å². The first-order valence-electron chi connectivity index (χ1n) is 8.47. The topological polar surface area (TPSA) is 36.4 Å². The predicted molar refractivity (Wildman–Crippen MR) is 93.8 cm³/mol. The number of thiocarbonyl (C=S) groups is 1. The van der Waals surface area contributed by atoms with Crippen molar-refractivity contribution in [2.24, 2.45) is 22.9 Å². The molecule has 4 saturated carbocycles. The van der Waals surface area contributed by atoms with Crippen LogP contribution in [0.1, 0.15) is 44.1 Å². The highest BCUT2D eigenvalue weighted by atomic mass is 32.1. The summed E-state index contributed by atoms with van der Waals surface area (Å²) in [6, 6.07) is 6.23. The number of nitrogens with zero attached hydrogens (tertiary/aromatic N) is 1. The first-order valence-corrected chi connectivity index (χ1v) is 8.88. The van der Waals surface area contributed by atoms with E-state index in [2.05, 4.69) is 15.8 Å². The van der Waals surface area contributed by atoms with Crippen LogP contribution in [0.15, 0.2) is 29.4 Å². The standard InChI is InChI=1S/C18H22FN3S/c19-16-3-1-12(2-4-16)11-20-22-17(23)21-18-8-13-5-14(9-18)7-15(6-13)10-18/h1-4,11,13-15H,5-10H2,(H2,21,22,23)/b20-11+. The van der Waals surface area contributed by atoms with Gasteiger partial charge in [0.15, 0.2) is 5.11 Å². The van der Waals surface area contributed by atoms with E-state index < -0.39 is 0 Å². The van der Waals surface area contributed by atoms with Crippen LogP contribution in [0.3, 0.4) is 0 Å². The molecule has 5 heteroatoms. The summed E-state index contributed by atoms with van der Waals surface area (Å²) in [5.41, 5.74) is 3.96. The van der Waals surface area contributed by atoms with E-state index in [0.717, 1.165) is 23.3 Å². The lowest BCUT2D eigenvalue weighted by atomic mass is 9.53. The molecule has 0 aromatic heterocycles. The fraction of sp³-hybridized carbons (Fsp3) is 0.556. The van der Waals surface area contributed by atoms with Crippen molar-refractivity contribution in [3.05, 3.63) is 35.6 Å². The highest BCUT2D eigenvalue weighted by Gasteiger charge is 2.51. The highest BCUT2D eigenvalue weighted by Crippen LogP contribution is 2.55. The first kappa shape index (κ1) is 15.1. The van der Waals surface area contributed by atoms with E-state index in [1.54, 1.807) is 18.3 Å². The Kier molecular flexibility index (Phi) is 3.84. The number of benzene rings is 1. The summed E-state index contributed by atoms with van der Waals surface area (Å²) in [6.45, 7) is 0. The van der Waals surface area contributed by atoms with E-state index in [1.165, 1.54) is 50.7 Å². The van der Waals surface area contributed by atoms with Crippen LogP contribution in [0.2, 0.25) is 0 Å². The summed E-state index contributed by atoms with van der Waals surface area (Å²) in [6.07, 6.45) is 9.68. The summed E-state index contributed by atoms with van der Waals surface area (Å²) in [5, 5.41) is 8.34. The zero-order valence-corrected chi connectivity index (χ0v) is 13.9. The second-order valence-electron chi connectivity index (χ2n) is 7.57. The Morgan fingerprint density at radius 1 is 1.09 bits per heavy atom. The number of halogens is 1. The second kappa shape index (κ2) is 5.86. The second-order valence-corrected chi connectivity index (χ2v) is 7.98. The average Bonchev–Trinajstić information content (AvgIpc) is 2.47. The summed E-state index contributed by atoms with van der Waals surface area (Å²) in [5.74, 6) is 2.42. The zero-order valence-electron chi connectivity index (χ0n) is 13.1.